The van der Waals surface area contributed by atoms with Crippen molar-refractivity contribution in [2.45, 2.75) is 13.3 Å². The van der Waals surface area contributed by atoms with Crippen molar-refractivity contribution < 1.29 is 0 Å². The SMILES string of the molecule is C=CCN([NH])C(=S)CC. The Hall–Kier alpha value is -0.410. The molecule has 0 saturated heterocycles. The molecule has 1 N–H and O–H groups in total. The molecule has 9 heavy (non-hydrogen) atoms. The van der Waals surface area contributed by atoms with Gasteiger partial charge < -0.3 is 0 Å². The number of rotatable bonds is 3. The predicted molar refractivity (Wildman–Crippen MR) is 42.9 cm³/mol. The topological polar surface area (TPSA) is 27.0 Å². The first kappa shape index (κ1) is 8.59. The molecule has 0 aliphatic heterocycles. The molecule has 0 amide bonds. The van der Waals surface area contributed by atoms with Crippen molar-refractivity contribution in [1.82, 2.24) is 10.9 Å². The predicted octanol–water partition coefficient (Wildman–Crippen LogP) is 1.41. The summed E-state index contributed by atoms with van der Waals surface area (Å²) in [4.78, 5) is 0.662. The van der Waals surface area contributed by atoms with E-state index in [1.54, 1.807) is 6.08 Å². The molecular formula is C6H11N2S. The van der Waals surface area contributed by atoms with E-state index in [4.69, 9.17) is 18.1 Å². The number of hydrogen-bond acceptors (Lipinski definition) is 1. The minimum atomic E-state index is 0.521. The van der Waals surface area contributed by atoms with Crippen LogP contribution in [0.2, 0.25) is 0 Å². The van der Waals surface area contributed by atoms with Crippen LogP contribution in [0.15, 0.2) is 12.7 Å². The highest BCUT2D eigenvalue weighted by molar-refractivity contribution is 7.80. The quantitative estimate of drug-likeness (QED) is 0.339. The van der Waals surface area contributed by atoms with Crippen LogP contribution in [0.5, 0.6) is 0 Å². The Morgan fingerprint density at radius 3 is 2.78 bits per heavy atom. The van der Waals surface area contributed by atoms with Gasteiger partial charge in [0.1, 0.15) is 0 Å². The van der Waals surface area contributed by atoms with Crippen LogP contribution in [0.1, 0.15) is 13.3 Å². The molecule has 0 aromatic carbocycles. The Kier molecular flexibility index (Phi) is 4.26. The zero-order valence-corrected chi connectivity index (χ0v) is 6.37. The average molecular weight is 143 g/mol. The van der Waals surface area contributed by atoms with Gasteiger partial charge in [0.25, 0.3) is 0 Å². The van der Waals surface area contributed by atoms with E-state index in [2.05, 4.69) is 6.58 Å². The second kappa shape index (κ2) is 4.47. The van der Waals surface area contributed by atoms with E-state index in [9.17, 15) is 0 Å². The van der Waals surface area contributed by atoms with Gasteiger partial charge in [-0.3, -0.25) is 5.01 Å². The maximum atomic E-state index is 7.20. The Morgan fingerprint density at radius 2 is 2.44 bits per heavy atom. The molecule has 0 unspecified atom stereocenters. The van der Waals surface area contributed by atoms with Crippen molar-refractivity contribution >= 4 is 17.2 Å². The summed E-state index contributed by atoms with van der Waals surface area (Å²) in [7, 11) is 0. The smallest absolute Gasteiger partial charge is 0.0935 e. The van der Waals surface area contributed by atoms with E-state index < -0.39 is 0 Å². The Labute approximate surface area is 61.3 Å². The normalized spacial score (nSPS) is 8.67. The highest BCUT2D eigenvalue weighted by atomic mass is 32.1. The third-order valence-corrected chi connectivity index (χ3v) is 1.42. The second-order valence-corrected chi connectivity index (χ2v) is 2.12. The van der Waals surface area contributed by atoms with E-state index in [0.717, 1.165) is 6.42 Å². The van der Waals surface area contributed by atoms with Gasteiger partial charge in [0, 0.05) is 0 Å². The molecule has 0 aliphatic rings. The van der Waals surface area contributed by atoms with Gasteiger partial charge in [0.05, 0.1) is 11.5 Å². The standard InChI is InChI=1S/C6H11N2S/c1-3-5-8(7)6(9)4-2/h3,7H,1,4-5H2,2H3. The summed E-state index contributed by atoms with van der Waals surface area (Å²) >= 11 is 4.83. The zero-order chi connectivity index (χ0) is 7.28. The minimum absolute atomic E-state index is 0.521. The highest BCUT2D eigenvalue weighted by Crippen LogP contribution is 1.90. The molecule has 1 radical (unpaired) electrons. The van der Waals surface area contributed by atoms with Crippen LogP contribution in [0.25, 0.3) is 0 Å². The van der Waals surface area contributed by atoms with E-state index in [-0.39, 0.29) is 0 Å². The van der Waals surface area contributed by atoms with Crippen molar-refractivity contribution in [1.29, 1.82) is 0 Å². The molecule has 0 bridgehead atoms. The first-order valence-corrected chi connectivity index (χ1v) is 3.25. The number of thiocarbonyl (C=S) groups is 1. The fourth-order valence-electron chi connectivity index (χ4n) is 0.422. The lowest BCUT2D eigenvalue weighted by Crippen LogP contribution is -2.26. The number of hydrogen-bond donors (Lipinski definition) is 0. The Balaban J connectivity index is 3.58. The number of nitrogens with one attached hydrogen (secondary N) is 1. The Morgan fingerprint density at radius 1 is 1.89 bits per heavy atom. The van der Waals surface area contributed by atoms with Gasteiger partial charge in [-0.2, -0.15) is 5.84 Å². The summed E-state index contributed by atoms with van der Waals surface area (Å²) < 4.78 is 0. The van der Waals surface area contributed by atoms with Gasteiger partial charge in [0.15, 0.2) is 0 Å². The van der Waals surface area contributed by atoms with E-state index in [1.807, 2.05) is 6.92 Å². The van der Waals surface area contributed by atoms with Crippen molar-refractivity contribution in [3.05, 3.63) is 12.7 Å². The molecule has 0 aromatic heterocycles. The number of nitrogens with zero attached hydrogens (tertiary/aromatic N) is 1. The first-order valence-electron chi connectivity index (χ1n) is 2.84. The van der Waals surface area contributed by atoms with Gasteiger partial charge >= 0.3 is 0 Å². The van der Waals surface area contributed by atoms with Crippen LogP contribution in [-0.4, -0.2) is 16.5 Å². The largest absolute Gasteiger partial charge is 0.283 e. The highest BCUT2D eigenvalue weighted by Gasteiger charge is 1.97. The van der Waals surface area contributed by atoms with Crippen LogP contribution in [0.4, 0.5) is 0 Å². The molecule has 0 saturated carbocycles. The molecular weight excluding hydrogens is 132 g/mol. The van der Waals surface area contributed by atoms with Crippen LogP contribution >= 0.6 is 12.2 Å². The minimum Gasteiger partial charge on any atom is -0.283 e. The second-order valence-electron chi connectivity index (χ2n) is 1.65. The van der Waals surface area contributed by atoms with E-state index in [0.29, 0.717) is 11.5 Å². The van der Waals surface area contributed by atoms with Gasteiger partial charge in [-0.1, -0.05) is 25.2 Å². The zero-order valence-electron chi connectivity index (χ0n) is 5.55. The van der Waals surface area contributed by atoms with Gasteiger partial charge in [-0.15, -0.1) is 6.58 Å². The molecule has 0 aliphatic carbocycles. The van der Waals surface area contributed by atoms with Crippen LogP contribution < -0.4 is 5.84 Å². The summed E-state index contributed by atoms with van der Waals surface area (Å²) in [5.41, 5.74) is 0. The molecule has 0 rings (SSSR count). The fourth-order valence-corrected chi connectivity index (χ4v) is 0.496. The fraction of sp³-hybridized carbons (Fsp3) is 0.500. The lowest BCUT2D eigenvalue weighted by Gasteiger charge is -2.13. The van der Waals surface area contributed by atoms with Crippen LogP contribution in [0, 0.1) is 0 Å². The summed E-state index contributed by atoms with van der Waals surface area (Å²) in [5, 5.41) is 1.27. The Bertz CT molecular complexity index is 112. The summed E-state index contributed by atoms with van der Waals surface area (Å²) in [6.45, 7) is 5.95. The summed E-state index contributed by atoms with van der Waals surface area (Å²) in [6, 6.07) is 0. The monoisotopic (exact) mass is 143 g/mol. The van der Waals surface area contributed by atoms with Gasteiger partial charge in [-0.25, -0.2) is 0 Å². The average Bonchev–Trinajstić information content (AvgIpc) is 1.87. The van der Waals surface area contributed by atoms with E-state index in [1.165, 1.54) is 5.01 Å². The molecule has 51 valence electrons. The maximum absolute atomic E-state index is 7.20. The third kappa shape index (κ3) is 3.21. The lowest BCUT2D eigenvalue weighted by atomic mass is 10.4. The molecule has 2 nitrogen and oxygen atoms in total. The van der Waals surface area contributed by atoms with Gasteiger partial charge in [0.2, 0.25) is 0 Å². The summed E-state index contributed by atoms with van der Waals surface area (Å²) in [6.07, 6.45) is 2.42. The molecule has 0 heterocycles. The molecule has 0 fully saturated rings. The van der Waals surface area contributed by atoms with Crippen LogP contribution in [0.3, 0.4) is 0 Å². The van der Waals surface area contributed by atoms with Crippen molar-refractivity contribution in [2.75, 3.05) is 6.54 Å². The molecule has 0 atom stereocenters. The van der Waals surface area contributed by atoms with Crippen molar-refractivity contribution in [3.63, 3.8) is 0 Å². The van der Waals surface area contributed by atoms with Gasteiger partial charge in [-0.05, 0) is 6.42 Å². The van der Waals surface area contributed by atoms with Crippen molar-refractivity contribution in [2.24, 2.45) is 0 Å². The third-order valence-electron chi connectivity index (χ3n) is 0.915. The van der Waals surface area contributed by atoms with E-state index >= 15 is 0 Å². The van der Waals surface area contributed by atoms with Crippen LogP contribution in [-0.2, 0) is 0 Å². The first-order chi connectivity index (χ1) is 4.22. The lowest BCUT2D eigenvalue weighted by molar-refractivity contribution is 0.465. The molecule has 0 aromatic rings. The molecule has 3 heteroatoms. The maximum Gasteiger partial charge on any atom is 0.0935 e. The van der Waals surface area contributed by atoms with Crippen molar-refractivity contribution in [3.8, 4) is 0 Å². The summed E-state index contributed by atoms with van der Waals surface area (Å²) in [5.74, 6) is 7.20. The molecule has 0 spiro atoms.